The highest BCUT2D eigenvalue weighted by Crippen LogP contribution is 2.51. The predicted octanol–water partition coefficient (Wildman–Crippen LogP) is 4.86. The zero-order chi connectivity index (χ0) is 16.0. The minimum atomic E-state index is -0.946. The Kier molecular flexibility index (Phi) is 3.38. The van der Waals surface area contributed by atoms with Crippen LogP contribution in [0.25, 0.3) is 0 Å². The van der Waals surface area contributed by atoms with Gasteiger partial charge < -0.3 is 10.4 Å². The zero-order valence-corrected chi connectivity index (χ0v) is 13.1. The number of benzene rings is 2. The van der Waals surface area contributed by atoms with Crippen molar-refractivity contribution in [1.82, 2.24) is 0 Å². The fourth-order valence-corrected chi connectivity index (χ4v) is 4.05. The topological polar surface area (TPSA) is 49.3 Å². The van der Waals surface area contributed by atoms with Crippen LogP contribution in [0.3, 0.4) is 0 Å². The summed E-state index contributed by atoms with van der Waals surface area (Å²) in [6.45, 7) is 0. The van der Waals surface area contributed by atoms with Crippen LogP contribution in [-0.4, -0.2) is 11.1 Å². The number of halogens is 1. The molecule has 1 aliphatic carbocycles. The fraction of sp³-hybridized carbons (Fsp3) is 0.211. The van der Waals surface area contributed by atoms with Crippen molar-refractivity contribution in [1.29, 1.82) is 0 Å². The largest absolute Gasteiger partial charge is 0.478 e. The molecule has 0 aromatic heterocycles. The summed E-state index contributed by atoms with van der Waals surface area (Å²) in [5.41, 5.74) is 3.32. The Morgan fingerprint density at radius 3 is 2.74 bits per heavy atom. The molecule has 4 rings (SSSR count). The summed E-state index contributed by atoms with van der Waals surface area (Å²) in [5.74, 6) is -0.364. The number of nitrogens with one attached hydrogen (secondary N) is 1. The number of aromatic carboxylic acids is 1. The molecular weight excluding hydrogens is 310 g/mol. The number of anilines is 1. The van der Waals surface area contributed by atoms with Crippen molar-refractivity contribution in [3.05, 3.63) is 76.3 Å². The summed E-state index contributed by atoms with van der Waals surface area (Å²) in [5, 5.41) is 13.3. The van der Waals surface area contributed by atoms with Gasteiger partial charge in [0.15, 0.2) is 0 Å². The standard InChI is InChI=1S/C19H16ClNO2/c20-16-10-12(19(22)23)9-15-13-7-4-8-14(13)17(21-18(15)16)11-5-2-1-3-6-11/h1-7,9-10,13-14,17,21H,8H2,(H,22,23)/t13-,14-,17+/m0/s1. The van der Waals surface area contributed by atoms with Crippen LogP contribution in [0.2, 0.25) is 5.02 Å². The van der Waals surface area contributed by atoms with Crippen LogP contribution in [0.1, 0.15) is 39.9 Å². The molecule has 1 heterocycles. The Bertz CT molecular complexity index is 801. The van der Waals surface area contributed by atoms with Gasteiger partial charge in [0, 0.05) is 5.92 Å². The Morgan fingerprint density at radius 1 is 1.22 bits per heavy atom. The fourth-order valence-electron chi connectivity index (χ4n) is 3.77. The SMILES string of the molecule is O=C(O)c1cc(Cl)c2c(c1)[C@H]1C=CC[C@@H]1[C@@H](c1ccccc1)N2. The Balaban J connectivity index is 1.84. The van der Waals surface area contributed by atoms with Crippen LogP contribution in [-0.2, 0) is 0 Å². The highest BCUT2D eigenvalue weighted by Gasteiger charge is 2.39. The molecule has 0 fully saturated rings. The lowest BCUT2D eigenvalue weighted by Gasteiger charge is -2.38. The van der Waals surface area contributed by atoms with E-state index >= 15 is 0 Å². The van der Waals surface area contributed by atoms with Gasteiger partial charge in [-0.15, -0.1) is 0 Å². The van der Waals surface area contributed by atoms with Gasteiger partial charge in [-0.2, -0.15) is 0 Å². The maximum Gasteiger partial charge on any atom is 0.335 e. The Morgan fingerprint density at radius 2 is 2.00 bits per heavy atom. The molecule has 0 amide bonds. The predicted molar refractivity (Wildman–Crippen MR) is 91.2 cm³/mol. The molecule has 0 radical (unpaired) electrons. The summed E-state index contributed by atoms with van der Waals surface area (Å²) in [6.07, 6.45) is 5.34. The van der Waals surface area contributed by atoms with Crippen molar-refractivity contribution in [3.63, 3.8) is 0 Å². The molecular formula is C19H16ClNO2. The van der Waals surface area contributed by atoms with E-state index in [1.54, 1.807) is 6.07 Å². The van der Waals surface area contributed by atoms with Crippen molar-refractivity contribution < 1.29 is 9.90 Å². The van der Waals surface area contributed by atoms with Crippen molar-refractivity contribution >= 4 is 23.3 Å². The van der Waals surface area contributed by atoms with Crippen LogP contribution in [0.15, 0.2) is 54.6 Å². The maximum absolute atomic E-state index is 11.3. The van der Waals surface area contributed by atoms with E-state index in [0.717, 1.165) is 17.7 Å². The second-order valence-corrected chi connectivity index (χ2v) is 6.52. The molecule has 2 aliphatic rings. The molecule has 0 spiro atoms. The van der Waals surface area contributed by atoms with Crippen LogP contribution in [0, 0.1) is 5.92 Å². The van der Waals surface area contributed by atoms with Crippen LogP contribution >= 0.6 is 11.6 Å². The maximum atomic E-state index is 11.3. The molecule has 116 valence electrons. The highest BCUT2D eigenvalue weighted by atomic mass is 35.5. The van der Waals surface area contributed by atoms with E-state index in [4.69, 9.17) is 11.6 Å². The van der Waals surface area contributed by atoms with E-state index in [0.29, 0.717) is 10.9 Å². The van der Waals surface area contributed by atoms with Crippen LogP contribution in [0.5, 0.6) is 0 Å². The van der Waals surface area contributed by atoms with Gasteiger partial charge in [0.1, 0.15) is 0 Å². The summed E-state index contributed by atoms with van der Waals surface area (Å²) >= 11 is 6.38. The van der Waals surface area contributed by atoms with Crippen molar-refractivity contribution in [2.45, 2.75) is 18.4 Å². The van der Waals surface area contributed by atoms with Crippen molar-refractivity contribution in [2.24, 2.45) is 5.92 Å². The van der Waals surface area contributed by atoms with E-state index in [1.165, 1.54) is 11.6 Å². The molecule has 2 aromatic carbocycles. The third-order valence-corrected chi connectivity index (χ3v) is 5.12. The summed E-state index contributed by atoms with van der Waals surface area (Å²) in [4.78, 5) is 11.3. The normalized spacial score (nSPS) is 24.7. The molecule has 3 atom stereocenters. The van der Waals surface area contributed by atoms with Crippen molar-refractivity contribution in [2.75, 3.05) is 5.32 Å². The number of rotatable bonds is 2. The number of carboxylic acid groups (broad SMARTS) is 1. The average molecular weight is 326 g/mol. The Labute approximate surface area is 139 Å². The first-order chi connectivity index (χ1) is 11.1. The number of allylic oxidation sites excluding steroid dienone is 2. The number of carboxylic acids is 1. The lowest BCUT2D eigenvalue weighted by molar-refractivity contribution is 0.0696. The van der Waals surface area contributed by atoms with Gasteiger partial charge >= 0.3 is 5.97 Å². The van der Waals surface area contributed by atoms with Gasteiger partial charge in [0.2, 0.25) is 0 Å². The third kappa shape index (κ3) is 2.32. The lowest BCUT2D eigenvalue weighted by Crippen LogP contribution is -2.29. The molecule has 2 N–H and O–H groups in total. The molecule has 0 saturated carbocycles. The second-order valence-electron chi connectivity index (χ2n) is 6.11. The average Bonchev–Trinajstić information content (AvgIpc) is 3.04. The molecule has 0 saturated heterocycles. The number of hydrogen-bond donors (Lipinski definition) is 2. The monoisotopic (exact) mass is 325 g/mol. The van der Waals surface area contributed by atoms with Gasteiger partial charge in [0.25, 0.3) is 0 Å². The van der Waals surface area contributed by atoms with E-state index in [9.17, 15) is 9.90 Å². The summed E-state index contributed by atoms with van der Waals surface area (Å²) in [6, 6.07) is 13.8. The molecule has 23 heavy (non-hydrogen) atoms. The van der Waals surface area contributed by atoms with Crippen molar-refractivity contribution in [3.8, 4) is 0 Å². The minimum Gasteiger partial charge on any atom is -0.478 e. The smallest absolute Gasteiger partial charge is 0.335 e. The minimum absolute atomic E-state index is 0.178. The molecule has 2 aromatic rings. The van der Waals surface area contributed by atoms with Gasteiger partial charge in [-0.25, -0.2) is 4.79 Å². The van der Waals surface area contributed by atoms with Gasteiger partial charge in [-0.3, -0.25) is 0 Å². The van der Waals surface area contributed by atoms with E-state index < -0.39 is 5.97 Å². The molecule has 0 unspecified atom stereocenters. The first kappa shape index (κ1) is 14.3. The summed E-state index contributed by atoms with van der Waals surface area (Å²) < 4.78 is 0. The highest BCUT2D eigenvalue weighted by molar-refractivity contribution is 6.33. The second kappa shape index (κ2) is 5.43. The molecule has 4 heteroatoms. The van der Waals surface area contributed by atoms with Crippen LogP contribution in [0.4, 0.5) is 5.69 Å². The number of carbonyl (C=O) groups is 1. The number of hydrogen-bond acceptors (Lipinski definition) is 2. The van der Waals surface area contributed by atoms with Gasteiger partial charge in [-0.1, -0.05) is 54.1 Å². The van der Waals surface area contributed by atoms with Gasteiger partial charge in [-0.05, 0) is 35.6 Å². The quantitative estimate of drug-likeness (QED) is 0.775. The number of fused-ring (bicyclic) bond motifs is 3. The summed E-state index contributed by atoms with van der Waals surface area (Å²) in [7, 11) is 0. The Hall–Kier alpha value is -2.26. The lowest BCUT2D eigenvalue weighted by atomic mass is 9.76. The third-order valence-electron chi connectivity index (χ3n) is 4.83. The van der Waals surface area contributed by atoms with Crippen LogP contribution < -0.4 is 5.32 Å². The van der Waals surface area contributed by atoms with E-state index in [-0.39, 0.29) is 17.5 Å². The zero-order valence-electron chi connectivity index (χ0n) is 12.4. The van der Waals surface area contributed by atoms with E-state index in [2.05, 4.69) is 29.6 Å². The molecule has 3 nitrogen and oxygen atoms in total. The van der Waals surface area contributed by atoms with E-state index in [1.807, 2.05) is 18.2 Å². The first-order valence-corrected chi connectivity index (χ1v) is 8.08. The van der Waals surface area contributed by atoms with Gasteiger partial charge in [0.05, 0.1) is 22.3 Å². The molecule has 0 bridgehead atoms. The first-order valence-electron chi connectivity index (χ1n) is 7.70. The molecule has 1 aliphatic heterocycles.